The van der Waals surface area contributed by atoms with Crippen LogP contribution in [0, 0.1) is 0 Å². The summed E-state index contributed by atoms with van der Waals surface area (Å²) in [4.78, 5) is 0. The molecule has 1 aliphatic carbocycles. The summed E-state index contributed by atoms with van der Waals surface area (Å²) in [5.74, 6) is 0. The Morgan fingerprint density at radius 3 is 2.87 bits per heavy atom. The van der Waals surface area contributed by atoms with Crippen LogP contribution in [-0.2, 0) is 0 Å². The molecule has 0 spiro atoms. The molecule has 1 aromatic rings. The molecule has 1 heterocycles. The van der Waals surface area contributed by atoms with Gasteiger partial charge in [-0.05, 0) is 53.6 Å². The van der Waals surface area contributed by atoms with Gasteiger partial charge in [-0.25, -0.2) is 0 Å². The molecular weight excluding hydrogens is 204 g/mol. The van der Waals surface area contributed by atoms with Crippen LogP contribution in [0.5, 0.6) is 0 Å². The molecule has 0 amide bonds. The summed E-state index contributed by atoms with van der Waals surface area (Å²) in [7, 11) is 0. The Bertz CT molecular complexity index is 313. The number of rotatable bonds is 2. The third-order valence-electron chi connectivity index (χ3n) is 3.04. The summed E-state index contributed by atoms with van der Waals surface area (Å²) in [6, 6.07) is 2.02. The lowest BCUT2D eigenvalue weighted by atomic mass is 9.94. The molecule has 0 saturated carbocycles. The van der Waals surface area contributed by atoms with E-state index in [1.165, 1.54) is 31.3 Å². The third kappa shape index (κ3) is 2.93. The average molecular weight is 222 g/mol. The second kappa shape index (κ2) is 5.47. The van der Waals surface area contributed by atoms with Crippen LogP contribution in [-0.4, -0.2) is 5.11 Å². The first kappa shape index (κ1) is 10.9. The molecule has 0 aliphatic heterocycles. The molecular formula is C13H18OS. The van der Waals surface area contributed by atoms with Crippen molar-refractivity contribution in [2.45, 2.75) is 44.6 Å². The second-order valence-electron chi connectivity index (χ2n) is 4.19. The third-order valence-corrected chi connectivity index (χ3v) is 3.74. The SMILES string of the molecule is OC(/C1=C/CCCCCC1)c1ccsc1. The van der Waals surface area contributed by atoms with Gasteiger partial charge in [0, 0.05) is 0 Å². The summed E-state index contributed by atoms with van der Waals surface area (Å²) in [5.41, 5.74) is 2.29. The highest BCUT2D eigenvalue weighted by atomic mass is 32.1. The maximum absolute atomic E-state index is 10.2. The van der Waals surface area contributed by atoms with Gasteiger partial charge in [-0.3, -0.25) is 0 Å². The molecule has 0 radical (unpaired) electrons. The Labute approximate surface area is 95.5 Å². The van der Waals surface area contributed by atoms with Crippen molar-refractivity contribution in [2.75, 3.05) is 0 Å². The van der Waals surface area contributed by atoms with Crippen LogP contribution >= 0.6 is 11.3 Å². The molecule has 15 heavy (non-hydrogen) atoms. The summed E-state index contributed by atoms with van der Waals surface area (Å²) >= 11 is 1.65. The van der Waals surface area contributed by atoms with E-state index in [1.807, 2.05) is 16.8 Å². The smallest absolute Gasteiger partial charge is 0.101 e. The van der Waals surface area contributed by atoms with Crippen molar-refractivity contribution in [3.63, 3.8) is 0 Å². The fraction of sp³-hybridized carbons (Fsp3) is 0.538. The van der Waals surface area contributed by atoms with Crippen molar-refractivity contribution in [2.24, 2.45) is 0 Å². The monoisotopic (exact) mass is 222 g/mol. The molecule has 82 valence electrons. The minimum absolute atomic E-state index is 0.352. The molecule has 2 rings (SSSR count). The predicted molar refractivity (Wildman–Crippen MR) is 65.1 cm³/mol. The number of hydrogen-bond donors (Lipinski definition) is 1. The van der Waals surface area contributed by atoms with Crippen LogP contribution in [0.3, 0.4) is 0 Å². The van der Waals surface area contributed by atoms with Crippen LogP contribution in [0.15, 0.2) is 28.5 Å². The lowest BCUT2D eigenvalue weighted by Crippen LogP contribution is -2.02. The summed E-state index contributed by atoms with van der Waals surface area (Å²) in [5, 5.41) is 14.3. The number of thiophene rings is 1. The zero-order valence-corrected chi connectivity index (χ0v) is 9.80. The Hall–Kier alpha value is -0.600. The highest BCUT2D eigenvalue weighted by Crippen LogP contribution is 2.29. The standard InChI is InChI=1S/C13H18OS/c14-13(12-8-9-15-10-12)11-6-4-2-1-3-5-7-11/h6,8-10,13-14H,1-5,7H2/b11-6+. The van der Waals surface area contributed by atoms with Gasteiger partial charge in [-0.1, -0.05) is 18.9 Å². The van der Waals surface area contributed by atoms with Crippen molar-refractivity contribution in [1.82, 2.24) is 0 Å². The van der Waals surface area contributed by atoms with E-state index < -0.39 is 0 Å². The van der Waals surface area contributed by atoms with Crippen molar-refractivity contribution in [3.8, 4) is 0 Å². The predicted octanol–water partition coefficient (Wildman–Crippen LogP) is 4.06. The largest absolute Gasteiger partial charge is 0.384 e. The Morgan fingerprint density at radius 2 is 2.07 bits per heavy atom. The molecule has 1 nitrogen and oxygen atoms in total. The Kier molecular flexibility index (Phi) is 3.98. The van der Waals surface area contributed by atoms with Crippen LogP contribution in [0.4, 0.5) is 0 Å². The highest BCUT2D eigenvalue weighted by Gasteiger charge is 2.14. The van der Waals surface area contributed by atoms with E-state index in [9.17, 15) is 5.11 Å². The summed E-state index contributed by atoms with van der Waals surface area (Å²) < 4.78 is 0. The Balaban J connectivity index is 2.07. The maximum Gasteiger partial charge on any atom is 0.101 e. The van der Waals surface area contributed by atoms with E-state index in [1.54, 1.807) is 11.3 Å². The van der Waals surface area contributed by atoms with Gasteiger partial charge in [0.2, 0.25) is 0 Å². The maximum atomic E-state index is 10.2. The fourth-order valence-electron chi connectivity index (χ4n) is 2.11. The molecule has 0 saturated heterocycles. The first-order chi connectivity index (χ1) is 7.38. The van der Waals surface area contributed by atoms with Crippen LogP contribution < -0.4 is 0 Å². The van der Waals surface area contributed by atoms with Gasteiger partial charge in [0.05, 0.1) is 0 Å². The molecule has 1 aromatic heterocycles. The van der Waals surface area contributed by atoms with Gasteiger partial charge in [-0.15, -0.1) is 0 Å². The van der Waals surface area contributed by atoms with Crippen molar-refractivity contribution in [3.05, 3.63) is 34.0 Å². The average Bonchev–Trinajstić information content (AvgIpc) is 2.68. The molecule has 2 heteroatoms. The van der Waals surface area contributed by atoms with Crippen molar-refractivity contribution in [1.29, 1.82) is 0 Å². The van der Waals surface area contributed by atoms with E-state index in [0.717, 1.165) is 18.4 Å². The van der Waals surface area contributed by atoms with Gasteiger partial charge in [0.1, 0.15) is 6.10 Å². The van der Waals surface area contributed by atoms with Crippen LogP contribution in [0.2, 0.25) is 0 Å². The first-order valence-electron chi connectivity index (χ1n) is 5.77. The van der Waals surface area contributed by atoms with E-state index >= 15 is 0 Å². The molecule has 0 aromatic carbocycles. The zero-order valence-electron chi connectivity index (χ0n) is 8.98. The summed E-state index contributed by atoms with van der Waals surface area (Å²) in [6.07, 6.45) is 9.27. The molecule has 1 atom stereocenters. The van der Waals surface area contributed by atoms with Crippen LogP contribution in [0.25, 0.3) is 0 Å². The quantitative estimate of drug-likeness (QED) is 0.748. The first-order valence-corrected chi connectivity index (χ1v) is 6.71. The van der Waals surface area contributed by atoms with E-state index in [4.69, 9.17) is 0 Å². The van der Waals surface area contributed by atoms with Gasteiger partial charge < -0.3 is 5.11 Å². The number of aliphatic hydroxyl groups is 1. The lowest BCUT2D eigenvalue weighted by Gasteiger charge is -2.16. The topological polar surface area (TPSA) is 20.2 Å². The molecule has 0 bridgehead atoms. The molecule has 1 aliphatic rings. The van der Waals surface area contributed by atoms with Gasteiger partial charge >= 0.3 is 0 Å². The Morgan fingerprint density at radius 1 is 1.20 bits per heavy atom. The number of allylic oxidation sites excluding steroid dienone is 1. The highest BCUT2D eigenvalue weighted by molar-refractivity contribution is 7.07. The molecule has 1 unspecified atom stereocenters. The second-order valence-corrected chi connectivity index (χ2v) is 4.97. The van der Waals surface area contributed by atoms with Gasteiger partial charge in [0.25, 0.3) is 0 Å². The van der Waals surface area contributed by atoms with Crippen molar-refractivity contribution < 1.29 is 5.11 Å². The minimum atomic E-state index is -0.352. The molecule has 1 N–H and O–H groups in total. The summed E-state index contributed by atoms with van der Waals surface area (Å²) in [6.45, 7) is 0. The fourth-order valence-corrected chi connectivity index (χ4v) is 2.79. The van der Waals surface area contributed by atoms with Gasteiger partial charge in [0.15, 0.2) is 0 Å². The molecule has 0 fully saturated rings. The zero-order chi connectivity index (χ0) is 10.5. The normalized spacial score (nSPS) is 23.7. The minimum Gasteiger partial charge on any atom is -0.384 e. The van der Waals surface area contributed by atoms with Crippen LogP contribution in [0.1, 0.15) is 50.2 Å². The lowest BCUT2D eigenvalue weighted by molar-refractivity contribution is 0.209. The van der Waals surface area contributed by atoms with E-state index in [-0.39, 0.29) is 6.10 Å². The van der Waals surface area contributed by atoms with E-state index in [2.05, 4.69) is 6.08 Å². The van der Waals surface area contributed by atoms with Gasteiger partial charge in [-0.2, -0.15) is 11.3 Å². The number of hydrogen-bond acceptors (Lipinski definition) is 2. The van der Waals surface area contributed by atoms with Crippen molar-refractivity contribution >= 4 is 11.3 Å². The number of aliphatic hydroxyl groups excluding tert-OH is 1. The van der Waals surface area contributed by atoms with E-state index in [0.29, 0.717) is 0 Å².